The highest BCUT2D eigenvalue weighted by Crippen LogP contribution is 2.28. The van der Waals surface area contributed by atoms with Crippen molar-refractivity contribution in [3.63, 3.8) is 0 Å². The minimum Gasteiger partial charge on any atom is -0.493 e. The van der Waals surface area contributed by atoms with Crippen molar-refractivity contribution < 1.29 is 24.1 Å². The number of ether oxygens (including phenoxy) is 3. The fourth-order valence-corrected chi connectivity index (χ4v) is 4.00. The van der Waals surface area contributed by atoms with Crippen LogP contribution in [0.25, 0.3) is 0 Å². The van der Waals surface area contributed by atoms with Crippen LogP contribution in [-0.2, 0) is 9.53 Å². The van der Waals surface area contributed by atoms with Gasteiger partial charge in [0, 0.05) is 17.6 Å². The molecule has 0 unspecified atom stereocenters. The van der Waals surface area contributed by atoms with E-state index in [1.807, 2.05) is 30.0 Å². The highest BCUT2D eigenvalue weighted by Gasteiger charge is 2.17. The number of carboxylic acids is 1. The number of aryl methyl sites for hydroxylation is 1. The summed E-state index contributed by atoms with van der Waals surface area (Å²) in [6.45, 7) is 4.05. The molecule has 0 atom stereocenters. The van der Waals surface area contributed by atoms with E-state index in [-0.39, 0.29) is 5.95 Å². The van der Waals surface area contributed by atoms with E-state index < -0.39 is 12.6 Å². The van der Waals surface area contributed by atoms with E-state index in [1.54, 1.807) is 24.4 Å². The van der Waals surface area contributed by atoms with Gasteiger partial charge in [0.2, 0.25) is 17.8 Å². The average Bonchev–Trinajstić information content (AvgIpc) is 2.90. The van der Waals surface area contributed by atoms with Crippen molar-refractivity contribution in [2.45, 2.75) is 6.92 Å². The molecule has 2 heterocycles. The molecule has 12 nitrogen and oxygen atoms in total. The molecule has 194 valence electrons. The third kappa shape index (κ3) is 7.27. The Hall–Kier alpha value is -3.97. The van der Waals surface area contributed by atoms with E-state index in [9.17, 15) is 4.79 Å². The SMILES string of the molecule is COc1cc(C=NNc2nc(Nc3ccc(C)cc3Br)nc(N3CCOCC3)n2)ccc1OCC(=O)O. The summed E-state index contributed by atoms with van der Waals surface area (Å²) in [5.74, 6) is 0.751. The summed E-state index contributed by atoms with van der Waals surface area (Å²) in [5.41, 5.74) is 5.49. The molecule has 1 aliphatic rings. The topological polar surface area (TPSA) is 143 Å². The summed E-state index contributed by atoms with van der Waals surface area (Å²) >= 11 is 3.57. The van der Waals surface area contributed by atoms with Crippen molar-refractivity contribution in [1.82, 2.24) is 15.0 Å². The summed E-state index contributed by atoms with van der Waals surface area (Å²) in [6, 6.07) is 11.0. The molecule has 37 heavy (non-hydrogen) atoms. The molecule has 0 spiro atoms. The fraction of sp³-hybridized carbons (Fsp3) is 0.292. The zero-order valence-electron chi connectivity index (χ0n) is 20.3. The number of hydrogen-bond acceptors (Lipinski definition) is 11. The number of carbonyl (C=O) groups is 1. The molecule has 0 bridgehead atoms. The number of hydrazone groups is 1. The lowest BCUT2D eigenvalue weighted by Crippen LogP contribution is -2.37. The zero-order valence-corrected chi connectivity index (χ0v) is 21.9. The number of hydrogen-bond donors (Lipinski definition) is 3. The van der Waals surface area contributed by atoms with Gasteiger partial charge in [-0.1, -0.05) is 6.07 Å². The van der Waals surface area contributed by atoms with E-state index in [2.05, 4.69) is 46.7 Å². The van der Waals surface area contributed by atoms with Crippen LogP contribution < -0.4 is 25.1 Å². The van der Waals surface area contributed by atoms with Crippen LogP contribution in [0.3, 0.4) is 0 Å². The number of nitrogens with zero attached hydrogens (tertiary/aromatic N) is 5. The first-order valence-electron chi connectivity index (χ1n) is 11.3. The molecule has 2 aromatic carbocycles. The summed E-state index contributed by atoms with van der Waals surface area (Å²) in [6.07, 6.45) is 1.56. The van der Waals surface area contributed by atoms with Gasteiger partial charge in [-0.3, -0.25) is 0 Å². The highest BCUT2D eigenvalue weighted by atomic mass is 79.9. The van der Waals surface area contributed by atoms with Gasteiger partial charge in [0.15, 0.2) is 18.1 Å². The molecular formula is C24H26BrN7O5. The predicted octanol–water partition coefficient (Wildman–Crippen LogP) is 3.44. The molecule has 3 aromatic rings. The monoisotopic (exact) mass is 571 g/mol. The maximum Gasteiger partial charge on any atom is 0.341 e. The number of morpholine rings is 1. The second-order valence-electron chi connectivity index (χ2n) is 7.95. The molecule has 0 saturated carbocycles. The molecule has 1 saturated heterocycles. The third-order valence-corrected chi connectivity index (χ3v) is 5.86. The van der Waals surface area contributed by atoms with Crippen LogP contribution >= 0.6 is 15.9 Å². The number of halogens is 1. The lowest BCUT2D eigenvalue weighted by atomic mass is 10.2. The van der Waals surface area contributed by atoms with Crippen molar-refractivity contribution in [2.75, 3.05) is 55.7 Å². The molecule has 1 aliphatic heterocycles. The summed E-state index contributed by atoms with van der Waals surface area (Å²) in [4.78, 5) is 26.4. The number of carboxylic acid groups (broad SMARTS) is 1. The van der Waals surface area contributed by atoms with Crippen LogP contribution in [0.4, 0.5) is 23.5 Å². The van der Waals surface area contributed by atoms with Gasteiger partial charge in [-0.2, -0.15) is 20.1 Å². The Morgan fingerprint density at radius 1 is 1.16 bits per heavy atom. The van der Waals surface area contributed by atoms with Crippen molar-refractivity contribution in [1.29, 1.82) is 0 Å². The quantitative estimate of drug-likeness (QED) is 0.243. The normalized spacial score (nSPS) is 13.4. The Labute approximate surface area is 221 Å². The number of benzene rings is 2. The molecule has 0 radical (unpaired) electrons. The van der Waals surface area contributed by atoms with Crippen molar-refractivity contribution in [2.24, 2.45) is 5.10 Å². The maximum absolute atomic E-state index is 10.8. The molecule has 0 amide bonds. The van der Waals surface area contributed by atoms with Gasteiger partial charge >= 0.3 is 5.97 Å². The molecule has 13 heteroatoms. The van der Waals surface area contributed by atoms with Crippen molar-refractivity contribution in [3.8, 4) is 11.5 Å². The first kappa shape index (κ1) is 26.1. The molecule has 1 aromatic heterocycles. The average molecular weight is 572 g/mol. The Balaban J connectivity index is 1.54. The van der Waals surface area contributed by atoms with E-state index in [1.165, 1.54) is 7.11 Å². The number of methoxy groups -OCH3 is 1. The maximum atomic E-state index is 10.8. The van der Waals surface area contributed by atoms with Crippen LogP contribution in [0.1, 0.15) is 11.1 Å². The van der Waals surface area contributed by atoms with Gasteiger partial charge in [-0.25, -0.2) is 10.2 Å². The lowest BCUT2D eigenvalue weighted by Gasteiger charge is -2.27. The number of anilines is 4. The van der Waals surface area contributed by atoms with Gasteiger partial charge in [0.1, 0.15) is 0 Å². The Morgan fingerprint density at radius 2 is 1.95 bits per heavy atom. The van der Waals surface area contributed by atoms with Gasteiger partial charge in [-0.05, 0) is 64.3 Å². The first-order valence-corrected chi connectivity index (χ1v) is 12.1. The Bertz CT molecular complexity index is 1280. The Kier molecular flexibility index (Phi) is 8.69. The first-order chi connectivity index (χ1) is 17.9. The summed E-state index contributed by atoms with van der Waals surface area (Å²) in [5, 5.41) is 16.3. The van der Waals surface area contributed by atoms with Gasteiger partial charge in [0.05, 0.1) is 32.2 Å². The predicted molar refractivity (Wildman–Crippen MR) is 142 cm³/mol. The number of aliphatic carboxylic acids is 1. The van der Waals surface area contributed by atoms with Crippen molar-refractivity contribution in [3.05, 3.63) is 52.0 Å². The van der Waals surface area contributed by atoms with Crippen LogP contribution in [0.2, 0.25) is 0 Å². The number of nitrogens with one attached hydrogen (secondary N) is 2. The summed E-state index contributed by atoms with van der Waals surface area (Å²) < 4.78 is 16.9. The second-order valence-corrected chi connectivity index (χ2v) is 8.81. The number of aromatic nitrogens is 3. The van der Waals surface area contributed by atoms with E-state index >= 15 is 0 Å². The van der Waals surface area contributed by atoms with E-state index in [4.69, 9.17) is 19.3 Å². The van der Waals surface area contributed by atoms with Gasteiger partial charge in [0.25, 0.3) is 0 Å². The minimum absolute atomic E-state index is 0.256. The fourth-order valence-electron chi connectivity index (χ4n) is 3.41. The van der Waals surface area contributed by atoms with Crippen LogP contribution in [-0.4, -0.2) is 72.3 Å². The molecule has 1 fully saturated rings. The number of rotatable bonds is 10. The molecule has 0 aliphatic carbocycles. The van der Waals surface area contributed by atoms with Crippen LogP contribution in [0.15, 0.2) is 46.0 Å². The van der Waals surface area contributed by atoms with Gasteiger partial charge < -0.3 is 29.5 Å². The minimum atomic E-state index is -1.07. The van der Waals surface area contributed by atoms with Gasteiger partial charge in [-0.15, -0.1) is 0 Å². The molecular weight excluding hydrogens is 546 g/mol. The smallest absolute Gasteiger partial charge is 0.341 e. The van der Waals surface area contributed by atoms with Crippen molar-refractivity contribution >= 4 is 51.6 Å². The standard InChI is InChI=1S/C24H26BrN7O5/c1-15-3-5-18(17(25)11-15)27-22-28-23(30-24(29-22)32-7-9-36-10-8-32)31-26-13-16-4-6-19(20(12-16)35-2)37-14-21(33)34/h3-6,11-13H,7-10,14H2,1-2H3,(H,33,34)(H2,27,28,29,30,31). The third-order valence-electron chi connectivity index (χ3n) is 5.21. The van der Waals surface area contributed by atoms with E-state index in [0.717, 1.165) is 15.7 Å². The summed E-state index contributed by atoms with van der Waals surface area (Å²) in [7, 11) is 1.47. The van der Waals surface area contributed by atoms with E-state index in [0.29, 0.717) is 55.3 Å². The largest absolute Gasteiger partial charge is 0.493 e. The lowest BCUT2D eigenvalue weighted by molar-refractivity contribution is -0.139. The van der Waals surface area contributed by atoms with Crippen LogP contribution in [0.5, 0.6) is 11.5 Å². The molecule has 3 N–H and O–H groups in total. The zero-order chi connectivity index (χ0) is 26.2. The second kappa shape index (κ2) is 12.3. The Morgan fingerprint density at radius 3 is 2.68 bits per heavy atom. The highest BCUT2D eigenvalue weighted by molar-refractivity contribution is 9.10. The molecule has 4 rings (SSSR count). The van der Waals surface area contributed by atoms with Crippen LogP contribution in [0, 0.1) is 6.92 Å².